The van der Waals surface area contributed by atoms with Gasteiger partial charge in [-0.25, -0.2) is 4.79 Å². The Hall–Kier alpha value is -2.00. The molecule has 9 heteroatoms. The first-order chi connectivity index (χ1) is 11.4. The van der Waals surface area contributed by atoms with E-state index in [2.05, 4.69) is 10.6 Å². The summed E-state index contributed by atoms with van der Waals surface area (Å²) < 4.78 is 54.6. The van der Waals surface area contributed by atoms with E-state index >= 15 is 0 Å². The number of halogens is 3. The normalized spacial score (nSPS) is 18.1. The minimum atomic E-state index is -4.58. The Kier molecular flexibility index (Phi) is 6.27. The molecule has 1 fully saturated rings. The lowest BCUT2D eigenvalue weighted by molar-refractivity contribution is -0.138. The molecule has 1 atom stereocenters. The third-order valence-electron chi connectivity index (χ3n) is 3.22. The summed E-state index contributed by atoms with van der Waals surface area (Å²) in [6, 6.07) is 2.74. The molecule has 2 N–H and O–H groups in total. The van der Waals surface area contributed by atoms with Crippen LogP contribution in [0.1, 0.15) is 12.5 Å². The van der Waals surface area contributed by atoms with Gasteiger partial charge in [-0.05, 0) is 25.1 Å². The maximum Gasteiger partial charge on any atom is 0.420 e. The van der Waals surface area contributed by atoms with Gasteiger partial charge in [0.05, 0.1) is 38.1 Å². The van der Waals surface area contributed by atoms with Crippen molar-refractivity contribution in [2.75, 3.05) is 38.3 Å². The van der Waals surface area contributed by atoms with E-state index in [4.69, 9.17) is 14.2 Å². The maximum atomic E-state index is 13.0. The number of alkyl halides is 3. The first kappa shape index (κ1) is 18.3. The van der Waals surface area contributed by atoms with Crippen molar-refractivity contribution in [3.05, 3.63) is 23.8 Å². The highest BCUT2D eigenvalue weighted by molar-refractivity contribution is 5.89. The molecule has 0 radical (unpaired) electrons. The Labute approximate surface area is 137 Å². The van der Waals surface area contributed by atoms with Crippen molar-refractivity contribution in [3.8, 4) is 5.75 Å². The highest BCUT2D eigenvalue weighted by Crippen LogP contribution is 2.37. The minimum absolute atomic E-state index is 0.0177. The molecule has 134 valence electrons. The van der Waals surface area contributed by atoms with E-state index < -0.39 is 17.8 Å². The number of anilines is 1. The van der Waals surface area contributed by atoms with Crippen molar-refractivity contribution >= 4 is 11.7 Å². The lowest BCUT2D eigenvalue weighted by Gasteiger charge is -2.23. The summed E-state index contributed by atoms with van der Waals surface area (Å²) >= 11 is 0. The van der Waals surface area contributed by atoms with Crippen molar-refractivity contribution in [3.63, 3.8) is 0 Å². The zero-order valence-electron chi connectivity index (χ0n) is 13.1. The van der Waals surface area contributed by atoms with Gasteiger partial charge in [-0.3, -0.25) is 0 Å². The number of nitrogens with one attached hydrogen (secondary N) is 2. The third-order valence-corrected chi connectivity index (χ3v) is 3.22. The number of hydrogen-bond acceptors (Lipinski definition) is 4. The Morgan fingerprint density at radius 3 is 2.79 bits per heavy atom. The van der Waals surface area contributed by atoms with Crippen LogP contribution in [0.3, 0.4) is 0 Å². The van der Waals surface area contributed by atoms with Crippen molar-refractivity contribution in [2.45, 2.75) is 19.2 Å². The molecule has 1 aliphatic rings. The molecule has 24 heavy (non-hydrogen) atoms. The Morgan fingerprint density at radius 2 is 2.17 bits per heavy atom. The summed E-state index contributed by atoms with van der Waals surface area (Å²) in [7, 11) is 0. The second-order valence-corrected chi connectivity index (χ2v) is 5.04. The van der Waals surface area contributed by atoms with Crippen LogP contribution < -0.4 is 15.4 Å². The molecule has 0 spiro atoms. The molecule has 1 aromatic rings. The van der Waals surface area contributed by atoms with E-state index in [9.17, 15) is 18.0 Å². The van der Waals surface area contributed by atoms with Crippen molar-refractivity contribution < 1.29 is 32.2 Å². The van der Waals surface area contributed by atoms with E-state index in [1.54, 1.807) is 6.92 Å². The average Bonchev–Trinajstić information content (AvgIpc) is 2.54. The van der Waals surface area contributed by atoms with E-state index in [0.717, 1.165) is 6.07 Å². The fourth-order valence-electron chi connectivity index (χ4n) is 2.15. The van der Waals surface area contributed by atoms with Crippen molar-refractivity contribution in [1.82, 2.24) is 5.32 Å². The molecule has 0 bridgehead atoms. The summed E-state index contributed by atoms with van der Waals surface area (Å²) in [5.74, 6) is -0.274. The van der Waals surface area contributed by atoms with Gasteiger partial charge >= 0.3 is 12.2 Å². The van der Waals surface area contributed by atoms with Gasteiger partial charge in [-0.1, -0.05) is 0 Å². The molecule has 1 aromatic carbocycles. The Bertz CT molecular complexity index is 560. The molecule has 2 rings (SSSR count). The smallest absolute Gasteiger partial charge is 0.420 e. The second-order valence-electron chi connectivity index (χ2n) is 5.04. The zero-order valence-corrected chi connectivity index (χ0v) is 13.1. The van der Waals surface area contributed by atoms with Crippen LogP contribution in [-0.4, -0.2) is 45.1 Å². The van der Waals surface area contributed by atoms with Gasteiger partial charge in [-0.15, -0.1) is 0 Å². The first-order valence-corrected chi connectivity index (χ1v) is 7.48. The second kappa shape index (κ2) is 8.20. The fraction of sp³-hybridized carbons (Fsp3) is 0.533. The topological polar surface area (TPSA) is 68.8 Å². The van der Waals surface area contributed by atoms with E-state index in [0.29, 0.717) is 19.8 Å². The average molecular weight is 348 g/mol. The molecule has 0 unspecified atom stereocenters. The lowest BCUT2D eigenvalue weighted by Crippen LogP contribution is -2.41. The zero-order chi connectivity index (χ0) is 17.6. The first-order valence-electron chi connectivity index (χ1n) is 7.48. The standard InChI is InChI=1S/C15H19F3N2O4/c1-2-23-13-4-3-10(7-12(13)15(16,17)18)20-14(21)19-8-11-9-22-5-6-24-11/h3-4,7,11H,2,5-6,8-9H2,1H3,(H2,19,20,21)/t11-/m0/s1. The van der Waals surface area contributed by atoms with Crippen LogP contribution in [0, 0.1) is 0 Å². The van der Waals surface area contributed by atoms with E-state index in [1.807, 2.05) is 0 Å². The number of hydrogen-bond donors (Lipinski definition) is 2. The molecular weight excluding hydrogens is 329 g/mol. The predicted octanol–water partition coefficient (Wildman–Crippen LogP) is 2.64. The summed E-state index contributed by atoms with van der Waals surface area (Å²) in [4.78, 5) is 11.8. The van der Waals surface area contributed by atoms with Gasteiger partial charge in [0.1, 0.15) is 5.75 Å². The largest absolute Gasteiger partial charge is 0.493 e. The number of benzene rings is 1. The molecule has 2 amide bonds. The van der Waals surface area contributed by atoms with Gasteiger partial charge in [0.15, 0.2) is 0 Å². The maximum absolute atomic E-state index is 13.0. The van der Waals surface area contributed by atoms with Crippen LogP contribution in [0.25, 0.3) is 0 Å². The van der Waals surface area contributed by atoms with Crippen molar-refractivity contribution in [1.29, 1.82) is 0 Å². The number of carbonyl (C=O) groups is 1. The Morgan fingerprint density at radius 1 is 1.38 bits per heavy atom. The highest BCUT2D eigenvalue weighted by atomic mass is 19.4. The highest BCUT2D eigenvalue weighted by Gasteiger charge is 2.34. The van der Waals surface area contributed by atoms with Gasteiger partial charge in [-0.2, -0.15) is 13.2 Å². The summed E-state index contributed by atoms with van der Waals surface area (Å²) in [5.41, 5.74) is -0.921. The van der Waals surface area contributed by atoms with E-state index in [1.165, 1.54) is 12.1 Å². The van der Waals surface area contributed by atoms with Crippen LogP contribution >= 0.6 is 0 Å². The summed E-state index contributed by atoms with van der Waals surface area (Å²) in [6.45, 7) is 3.23. The van der Waals surface area contributed by atoms with Gasteiger partial charge in [0, 0.05) is 12.2 Å². The van der Waals surface area contributed by atoms with Crippen LogP contribution in [0.15, 0.2) is 18.2 Å². The quantitative estimate of drug-likeness (QED) is 0.858. The van der Waals surface area contributed by atoms with Crippen LogP contribution in [0.4, 0.5) is 23.7 Å². The van der Waals surface area contributed by atoms with Crippen molar-refractivity contribution in [2.24, 2.45) is 0 Å². The number of amides is 2. The van der Waals surface area contributed by atoms with Crippen LogP contribution in [0.5, 0.6) is 5.75 Å². The van der Waals surface area contributed by atoms with Crippen LogP contribution in [-0.2, 0) is 15.7 Å². The summed E-state index contributed by atoms with van der Waals surface area (Å²) in [6.07, 6.45) is -4.85. The predicted molar refractivity (Wildman–Crippen MR) is 80.2 cm³/mol. The number of ether oxygens (including phenoxy) is 3. The van der Waals surface area contributed by atoms with Gasteiger partial charge in [0.2, 0.25) is 0 Å². The molecule has 0 aromatic heterocycles. The Balaban J connectivity index is 1.97. The van der Waals surface area contributed by atoms with Gasteiger partial charge in [0.25, 0.3) is 0 Å². The molecule has 1 saturated heterocycles. The molecule has 1 heterocycles. The lowest BCUT2D eigenvalue weighted by atomic mass is 10.1. The molecule has 0 saturated carbocycles. The third kappa shape index (κ3) is 5.27. The molecule has 0 aliphatic carbocycles. The molecular formula is C15H19F3N2O4. The van der Waals surface area contributed by atoms with Crippen LogP contribution in [0.2, 0.25) is 0 Å². The SMILES string of the molecule is CCOc1ccc(NC(=O)NC[C@H]2COCCO2)cc1C(F)(F)F. The monoisotopic (exact) mass is 348 g/mol. The summed E-state index contributed by atoms with van der Waals surface area (Å²) in [5, 5.41) is 4.89. The van der Waals surface area contributed by atoms with Gasteiger partial charge < -0.3 is 24.8 Å². The molecule has 6 nitrogen and oxygen atoms in total. The molecule has 1 aliphatic heterocycles. The minimum Gasteiger partial charge on any atom is -0.493 e. The van der Waals surface area contributed by atoms with E-state index in [-0.39, 0.29) is 30.7 Å². The number of urea groups is 1. The number of carbonyl (C=O) groups excluding carboxylic acids is 1. The number of rotatable bonds is 5. The fourth-order valence-corrected chi connectivity index (χ4v) is 2.15.